The third-order valence-corrected chi connectivity index (χ3v) is 6.29. The SMILES string of the molecule is CCC1CN(C2CCN(C(=O)CSc3nc(C(C)(C)C)cc(=O)[nH]3)CC2)C(=O)O1. The molecule has 8 nitrogen and oxygen atoms in total. The van der Waals surface area contributed by atoms with Crippen LogP contribution in [0.5, 0.6) is 0 Å². The third kappa shape index (κ3) is 5.32. The lowest BCUT2D eigenvalue weighted by molar-refractivity contribution is -0.129. The molecule has 3 heterocycles. The highest BCUT2D eigenvalue weighted by Gasteiger charge is 2.37. The minimum atomic E-state index is -0.233. The predicted octanol–water partition coefficient (Wildman–Crippen LogP) is 2.38. The maximum Gasteiger partial charge on any atom is 0.410 e. The minimum Gasteiger partial charge on any atom is -0.444 e. The highest BCUT2D eigenvalue weighted by molar-refractivity contribution is 7.99. The van der Waals surface area contributed by atoms with Crippen molar-refractivity contribution in [3.8, 4) is 0 Å². The summed E-state index contributed by atoms with van der Waals surface area (Å²) in [4.78, 5) is 47.4. The molecule has 0 saturated carbocycles. The number of carbonyl (C=O) groups is 2. The van der Waals surface area contributed by atoms with Crippen LogP contribution in [0.15, 0.2) is 16.0 Å². The molecule has 1 atom stereocenters. The molecule has 9 heteroatoms. The number of hydrogen-bond acceptors (Lipinski definition) is 6. The van der Waals surface area contributed by atoms with Crippen LogP contribution in [-0.2, 0) is 14.9 Å². The molecule has 0 spiro atoms. The van der Waals surface area contributed by atoms with Crippen molar-refractivity contribution < 1.29 is 14.3 Å². The Bertz CT molecular complexity index is 811. The predicted molar refractivity (Wildman–Crippen MR) is 111 cm³/mol. The molecule has 1 aromatic heterocycles. The number of rotatable bonds is 5. The second-order valence-corrected chi connectivity index (χ2v) is 9.62. The zero-order chi connectivity index (χ0) is 21.2. The van der Waals surface area contributed by atoms with Crippen molar-refractivity contribution in [2.45, 2.75) is 69.7 Å². The smallest absolute Gasteiger partial charge is 0.410 e. The number of aromatic nitrogens is 2. The Morgan fingerprint density at radius 2 is 2.00 bits per heavy atom. The number of thioether (sulfide) groups is 1. The number of hydrogen-bond donors (Lipinski definition) is 1. The molecule has 2 aliphatic heterocycles. The van der Waals surface area contributed by atoms with Crippen molar-refractivity contribution in [3.63, 3.8) is 0 Å². The number of nitrogens with one attached hydrogen (secondary N) is 1. The quantitative estimate of drug-likeness (QED) is 0.578. The summed E-state index contributed by atoms with van der Waals surface area (Å²) in [5.41, 5.74) is 0.270. The summed E-state index contributed by atoms with van der Waals surface area (Å²) in [5.74, 6) is 0.248. The van der Waals surface area contributed by atoms with Gasteiger partial charge in [0.15, 0.2) is 5.16 Å². The van der Waals surface area contributed by atoms with E-state index in [-0.39, 0.29) is 40.9 Å². The second kappa shape index (κ2) is 8.77. The van der Waals surface area contributed by atoms with Gasteiger partial charge in [-0.05, 0) is 19.3 Å². The first kappa shape index (κ1) is 21.7. The maximum absolute atomic E-state index is 12.6. The maximum atomic E-state index is 12.6. The summed E-state index contributed by atoms with van der Waals surface area (Å²) in [6, 6.07) is 1.64. The normalized spacial score (nSPS) is 20.8. The number of amides is 2. The van der Waals surface area contributed by atoms with Crippen molar-refractivity contribution in [1.29, 1.82) is 0 Å². The van der Waals surface area contributed by atoms with E-state index in [1.54, 1.807) is 0 Å². The van der Waals surface area contributed by atoms with Gasteiger partial charge < -0.3 is 19.5 Å². The summed E-state index contributed by atoms with van der Waals surface area (Å²) in [6.07, 6.45) is 2.10. The molecular weight excluding hydrogens is 392 g/mol. The van der Waals surface area contributed by atoms with Crippen LogP contribution >= 0.6 is 11.8 Å². The van der Waals surface area contributed by atoms with Gasteiger partial charge in [0.25, 0.3) is 5.56 Å². The number of likely N-dealkylation sites (tertiary alicyclic amines) is 1. The Balaban J connectivity index is 1.51. The number of carbonyl (C=O) groups excluding carboxylic acids is 2. The molecule has 3 rings (SSSR count). The van der Waals surface area contributed by atoms with Gasteiger partial charge in [-0.1, -0.05) is 39.5 Å². The number of cyclic esters (lactones) is 1. The van der Waals surface area contributed by atoms with Crippen molar-refractivity contribution in [2.75, 3.05) is 25.4 Å². The fourth-order valence-corrected chi connectivity index (χ4v) is 4.37. The van der Waals surface area contributed by atoms with Crippen LogP contribution in [0, 0.1) is 0 Å². The topological polar surface area (TPSA) is 95.6 Å². The Kier molecular flexibility index (Phi) is 6.55. The van der Waals surface area contributed by atoms with Gasteiger partial charge in [-0.25, -0.2) is 9.78 Å². The summed E-state index contributed by atoms with van der Waals surface area (Å²) < 4.78 is 5.35. The molecule has 2 aliphatic rings. The lowest BCUT2D eigenvalue weighted by Crippen LogP contribution is -2.47. The van der Waals surface area contributed by atoms with E-state index >= 15 is 0 Å². The number of ether oxygens (including phenoxy) is 1. The average molecular weight is 423 g/mol. The standard InChI is InChI=1S/C20H30N4O4S/c1-5-14-11-24(19(27)28-14)13-6-8-23(9-7-13)17(26)12-29-18-21-15(20(2,3)4)10-16(25)22-18/h10,13-14H,5-9,11-12H2,1-4H3,(H,21,22,25). The first-order chi connectivity index (χ1) is 13.7. The fraction of sp³-hybridized carbons (Fsp3) is 0.700. The largest absolute Gasteiger partial charge is 0.444 e. The Morgan fingerprint density at radius 3 is 2.59 bits per heavy atom. The van der Waals surface area contributed by atoms with E-state index in [4.69, 9.17) is 4.74 Å². The molecule has 0 aliphatic carbocycles. The molecule has 1 N–H and O–H groups in total. The second-order valence-electron chi connectivity index (χ2n) is 8.65. The van der Waals surface area contributed by atoms with Gasteiger partial charge >= 0.3 is 6.09 Å². The van der Waals surface area contributed by atoms with Crippen molar-refractivity contribution in [1.82, 2.24) is 19.8 Å². The Hall–Kier alpha value is -2.03. The Labute approximate surface area is 175 Å². The van der Waals surface area contributed by atoms with Crippen LogP contribution in [0.2, 0.25) is 0 Å². The number of piperidine rings is 1. The van der Waals surface area contributed by atoms with Crippen molar-refractivity contribution in [3.05, 3.63) is 22.1 Å². The first-order valence-electron chi connectivity index (χ1n) is 10.2. The summed E-state index contributed by atoms with van der Waals surface area (Å²) in [7, 11) is 0. The van der Waals surface area contributed by atoms with Crippen LogP contribution in [0.4, 0.5) is 4.79 Å². The van der Waals surface area contributed by atoms with E-state index in [9.17, 15) is 14.4 Å². The molecule has 0 bridgehead atoms. The molecule has 29 heavy (non-hydrogen) atoms. The average Bonchev–Trinajstić information content (AvgIpc) is 3.06. The van der Waals surface area contributed by atoms with Gasteiger partial charge in [-0.3, -0.25) is 9.59 Å². The molecule has 1 aromatic rings. The van der Waals surface area contributed by atoms with Crippen LogP contribution in [0.3, 0.4) is 0 Å². The fourth-order valence-electron chi connectivity index (χ4n) is 3.59. The highest BCUT2D eigenvalue weighted by Crippen LogP contribution is 2.25. The Morgan fingerprint density at radius 1 is 1.31 bits per heavy atom. The summed E-state index contributed by atoms with van der Waals surface area (Å²) in [6.45, 7) is 9.89. The van der Waals surface area contributed by atoms with Gasteiger partial charge in [0, 0.05) is 30.6 Å². The van der Waals surface area contributed by atoms with E-state index < -0.39 is 0 Å². The summed E-state index contributed by atoms with van der Waals surface area (Å²) >= 11 is 1.25. The lowest BCUT2D eigenvalue weighted by atomic mass is 9.92. The summed E-state index contributed by atoms with van der Waals surface area (Å²) in [5, 5.41) is 0.469. The van der Waals surface area contributed by atoms with E-state index in [1.807, 2.05) is 37.5 Å². The molecule has 160 valence electrons. The van der Waals surface area contributed by atoms with E-state index in [1.165, 1.54) is 17.8 Å². The highest BCUT2D eigenvalue weighted by atomic mass is 32.2. The van der Waals surface area contributed by atoms with Crippen LogP contribution in [-0.4, -0.2) is 69.3 Å². The van der Waals surface area contributed by atoms with Crippen molar-refractivity contribution >= 4 is 23.8 Å². The van der Waals surface area contributed by atoms with E-state index in [0.717, 1.165) is 19.3 Å². The number of H-pyrrole nitrogens is 1. The van der Waals surface area contributed by atoms with Gasteiger partial charge in [-0.15, -0.1) is 0 Å². The first-order valence-corrected chi connectivity index (χ1v) is 11.2. The van der Waals surface area contributed by atoms with E-state index in [2.05, 4.69) is 9.97 Å². The van der Waals surface area contributed by atoms with Crippen LogP contribution in [0.25, 0.3) is 0 Å². The molecule has 0 radical (unpaired) electrons. The van der Waals surface area contributed by atoms with Crippen LogP contribution < -0.4 is 5.56 Å². The minimum absolute atomic E-state index is 0.0166. The zero-order valence-electron chi connectivity index (χ0n) is 17.6. The molecule has 2 amide bonds. The van der Waals surface area contributed by atoms with Gasteiger partial charge in [0.1, 0.15) is 6.10 Å². The molecule has 2 saturated heterocycles. The van der Waals surface area contributed by atoms with Gasteiger partial charge in [-0.2, -0.15) is 0 Å². The molecular formula is C20H30N4O4S. The van der Waals surface area contributed by atoms with Gasteiger partial charge in [0.05, 0.1) is 18.0 Å². The van der Waals surface area contributed by atoms with Gasteiger partial charge in [0.2, 0.25) is 5.91 Å². The van der Waals surface area contributed by atoms with E-state index in [0.29, 0.717) is 30.5 Å². The third-order valence-electron chi connectivity index (χ3n) is 5.44. The molecule has 1 unspecified atom stereocenters. The number of aromatic amines is 1. The van der Waals surface area contributed by atoms with Crippen LogP contribution in [0.1, 0.15) is 52.7 Å². The number of nitrogens with zero attached hydrogens (tertiary/aromatic N) is 3. The lowest BCUT2D eigenvalue weighted by Gasteiger charge is -2.35. The molecule has 2 fully saturated rings. The van der Waals surface area contributed by atoms with Crippen molar-refractivity contribution in [2.24, 2.45) is 0 Å². The zero-order valence-corrected chi connectivity index (χ0v) is 18.4. The molecule has 0 aromatic carbocycles. The monoisotopic (exact) mass is 422 g/mol.